The summed E-state index contributed by atoms with van der Waals surface area (Å²) < 4.78 is 5.22. The topological polar surface area (TPSA) is 38.3 Å². The highest BCUT2D eigenvalue weighted by Gasteiger charge is 1.92. The number of amides is 1. The van der Waals surface area contributed by atoms with Gasteiger partial charge in [-0.05, 0) is 19.9 Å². The fourth-order valence-corrected chi connectivity index (χ4v) is 0.773. The van der Waals surface area contributed by atoms with Crippen molar-refractivity contribution in [2.75, 3.05) is 13.2 Å². The molecule has 0 aliphatic rings. The number of rotatable bonds is 5. The number of carbonyl (C=O) groups excluding carboxylic acids is 1. The molecule has 0 unspecified atom stereocenters. The first-order valence-electron chi connectivity index (χ1n) is 4.23. The molecule has 3 nitrogen and oxygen atoms in total. The molecule has 1 amide bonds. The van der Waals surface area contributed by atoms with E-state index < -0.39 is 0 Å². The van der Waals surface area contributed by atoms with Crippen molar-refractivity contribution >= 4 is 5.91 Å². The first-order chi connectivity index (χ1) is 6.02. The molecular weight excluding hydrogens is 166 g/mol. The molecule has 0 fully saturated rings. The van der Waals surface area contributed by atoms with Crippen LogP contribution >= 0.6 is 0 Å². The maximum absolute atomic E-state index is 10.5. The Morgan fingerprint density at radius 2 is 2.08 bits per heavy atom. The third-order valence-corrected chi connectivity index (χ3v) is 1.21. The molecular formula is C10H17NO2. The third kappa shape index (κ3) is 8.66. The summed E-state index contributed by atoms with van der Waals surface area (Å²) in [6.07, 6.45) is 1.85. The van der Waals surface area contributed by atoms with Gasteiger partial charge in [0.1, 0.15) is 12.4 Å². The Morgan fingerprint density at radius 1 is 1.46 bits per heavy atom. The van der Waals surface area contributed by atoms with Crippen molar-refractivity contribution in [3.8, 4) is 0 Å². The van der Waals surface area contributed by atoms with Crippen LogP contribution in [-0.4, -0.2) is 19.1 Å². The fourth-order valence-electron chi connectivity index (χ4n) is 0.773. The van der Waals surface area contributed by atoms with Crippen LogP contribution in [0.2, 0.25) is 0 Å². The Bertz CT molecular complexity index is 215. The lowest BCUT2D eigenvalue weighted by atomic mass is 10.3. The number of ether oxygens (including phenoxy) is 1. The van der Waals surface area contributed by atoms with Crippen LogP contribution in [0.4, 0.5) is 0 Å². The highest BCUT2D eigenvalue weighted by molar-refractivity contribution is 5.72. The number of hydrogen-bond acceptors (Lipinski definition) is 2. The van der Waals surface area contributed by atoms with E-state index in [4.69, 9.17) is 4.74 Å². The molecule has 0 saturated heterocycles. The summed E-state index contributed by atoms with van der Waals surface area (Å²) in [7, 11) is 0. The normalized spacial score (nSPS) is 8.85. The lowest BCUT2D eigenvalue weighted by molar-refractivity contribution is -0.119. The zero-order chi connectivity index (χ0) is 10.3. The van der Waals surface area contributed by atoms with E-state index >= 15 is 0 Å². The Hall–Kier alpha value is -1.25. The molecule has 0 aliphatic carbocycles. The number of allylic oxidation sites excluding steroid dienone is 2. The second-order valence-electron chi connectivity index (χ2n) is 3.02. The van der Waals surface area contributed by atoms with Crippen molar-refractivity contribution in [3.63, 3.8) is 0 Å². The van der Waals surface area contributed by atoms with Crippen molar-refractivity contribution < 1.29 is 9.53 Å². The number of hydrogen-bond donors (Lipinski definition) is 1. The van der Waals surface area contributed by atoms with Crippen LogP contribution in [0, 0.1) is 0 Å². The molecule has 0 atom stereocenters. The predicted molar refractivity (Wildman–Crippen MR) is 53.2 cm³/mol. The van der Waals surface area contributed by atoms with Gasteiger partial charge in [0.05, 0.1) is 6.54 Å². The molecule has 74 valence electrons. The third-order valence-electron chi connectivity index (χ3n) is 1.21. The smallest absolute Gasteiger partial charge is 0.216 e. The lowest BCUT2D eigenvalue weighted by Crippen LogP contribution is -2.24. The van der Waals surface area contributed by atoms with Gasteiger partial charge in [0, 0.05) is 6.92 Å². The zero-order valence-corrected chi connectivity index (χ0v) is 8.52. The van der Waals surface area contributed by atoms with Crippen LogP contribution in [0.3, 0.4) is 0 Å². The van der Waals surface area contributed by atoms with Crippen LogP contribution < -0.4 is 5.32 Å². The van der Waals surface area contributed by atoms with E-state index in [1.54, 1.807) is 0 Å². The van der Waals surface area contributed by atoms with Crippen molar-refractivity contribution in [3.05, 3.63) is 24.0 Å². The Balaban J connectivity index is 3.49. The minimum Gasteiger partial charge on any atom is -0.492 e. The standard InChI is InChI=1S/C10H17NO2/c1-8(2)7-9(3)13-6-5-11-10(4)12/h7H,3,5-6H2,1-2,4H3,(H,11,12). The van der Waals surface area contributed by atoms with Crippen LogP contribution in [0.25, 0.3) is 0 Å². The molecule has 0 aromatic heterocycles. The number of carbonyl (C=O) groups is 1. The molecule has 0 radical (unpaired) electrons. The van der Waals surface area contributed by atoms with Crippen molar-refractivity contribution in [2.24, 2.45) is 0 Å². The second-order valence-corrected chi connectivity index (χ2v) is 3.02. The van der Waals surface area contributed by atoms with Crippen LogP contribution in [0.15, 0.2) is 24.0 Å². The molecule has 0 bridgehead atoms. The molecule has 13 heavy (non-hydrogen) atoms. The summed E-state index contributed by atoms with van der Waals surface area (Å²) >= 11 is 0. The van der Waals surface area contributed by atoms with Gasteiger partial charge in [-0.2, -0.15) is 0 Å². The van der Waals surface area contributed by atoms with E-state index in [0.29, 0.717) is 18.9 Å². The van der Waals surface area contributed by atoms with Crippen LogP contribution in [0.1, 0.15) is 20.8 Å². The van der Waals surface area contributed by atoms with Gasteiger partial charge in [0.15, 0.2) is 0 Å². The highest BCUT2D eigenvalue weighted by atomic mass is 16.5. The SMILES string of the molecule is C=C(C=C(C)C)OCCNC(C)=O. The van der Waals surface area contributed by atoms with E-state index in [9.17, 15) is 4.79 Å². The molecule has 3 heteroatoms. The van der Waals surface area contributed by atoms with Gasteiger partial charge in [-0.15, -0.1) is 0 Å². The molecule has 0 aliphatic heterocycles. The molecule has 0 rings (SSSR count). The average Bonchev–Trinajstić information content (AvgIpc) is 1.96. The monoisotopic (exact) mass is 183 g/mol. The average molecular weight is 183 g/mol. The largest absolute Gasteiger partial charge is 0.492 e. The van der Waals surface area contributed by atoms with Gasteiger partial charge in [-0.25, -0.2) is 0 Å². The summed E-state index contributed by atoms with van der Waals surface area (Å²) in [5.41, 5.74) is 1.14. The van der Waals surface area contributed by atoms with E-state index in [0.717, 1.165) is 5.57 Å². The summed E-state index contributed by atoms with van der Waals surface area (Å²) in [5.74, 6) is 0.585. The molecule has 0 aromatic rings. The van der Waals surface area contributed by atoms with Crippen molar-refractivity contribution in [2.45, 2.75) is 20.8 Å². The first-order valence-corrected chi connectivity index (χ1v) is 4.23. The summed E-state index contributed by atoms with van der Waals surface area (Å²) in [6.45, 7) is 10.1. The maximum Gasteiger partial charge on any atom is 0.216 e. The Labute approximate surface area is 79.5 Å². The van der Waals surface area contributed by atoms with Crippen LogP contribution in [-0.2, 0) is 9.53 Å². The molecule has 0 spiro atoms. The van der Waals surface area contributed by atoms with Gasteiger partial charge >= 0.3 is 0 Å². The van der Waals surface area contributed by atoms with E-state index in [-0.39, 0.29) is 5.91 Å². The minimum absolute atomic E-state index is 0.0450. The van der Waals surface area contributed by atoms with Crippen molar-refractivity contribution in [1.29, 1.82) is 0 Å². The lowest BCUT2D eigenvalue weighted by Gasteiger charge is -2.06. The fraction of sp³-hybridized carbons (Fsp3) is 0.500. The van der Waals surface area contributed by atoms with E-state index in [2.05, 4.69) is 11.9 Å². The molecule has 0 saturated carbocycles. The van der Waals surface area contributed by atoms with Crippen LogP contribution in [0.5, 0.6) is 0 Å². The van der Waals surface area contributed by atoms with Gasteiger partial charge < -0.3 is 10.1 Å². The molecule has 0 aromatic carbocycles. The zero-order valence-electron chi connectivity index (χ0n) is 8.52. The van der Waals surface area contributed by atoms with Crippen molar-refractivity contribution in [1.82, 2.24) is 5.32 Å². The van der Waals surface area contributed by atoms with E-state index in [1.165, 1.54) is 6.92 Å². The molecule has 1 N–H and O–H groups in total. The summed E-state index contributed by atoms with van der Waals surface area (Å²) in [4.78, 5) is 10.5. The quantitative estimate of drug-likeness (QED) is 0.399. The summed E-state index contributed by atoms with van der Waals surface area (Å²) in [6, 6.07) is 0. The second kappa shape index (κ2) is 6.29. The van der Waals surface area contributed by atoms with Gasteiger partial charge in [-0.3, -0.25) is 4.79 Å². The van der Waals surface area contributed by atoms with Gasteiger partial charge in [-0.1, -0.05) is 12.2 Å². The summed E-state index contributed by atoms with van der Waals surface area (Å²) in [5, 5.41) is 2.63. The van der Waals surface area contributed by atoms with E-state index in [1.807, 2.05) is 19.9 Å². The maximum atomic E-state index is 10.5. The van der Waals surface area contributed by atoms with Gasteiger partial charge in [0.25, 0.3) is 0 Å². The Morgan fingerprint density at radius 3 is 2.54 bits per heavy atom. The minimum atomic E-state index is -0.0450. The Kier molecular flexibility index (Phi) is 5.68. The first kappa shape index (κ1) is 11.8. The number of nitrogens with one attached hydrogen (secondary N) is 1. The highest BCUT2D eigenvalue weighted by Crippen LogP contribution is 1.99. The van der Waals surface area contributed by atoms with Gasteiger partial charge in [0.2, 0.25) is 5.91 Å². The molecule has 0 heterocycles. The predicted octanol–water partition coefficient (Wildman–Crippen LogP) is 1.62.